The van der Waals surface area contributed by atoms with E-state index in [-0.39, 0.29) is 5.46 Å². The molecule has 12 heteroatoms. The van der Waals surface area contributed by atoms with Crippen molar-refractivity contribution < 1.29 is 40.4 Å². The Hall–Kier alpha value is -1.20. The van der Waals surface area contributed by atoms with E-state index in [9.17, 15) is 26.3 Å². The molecule has 0 aliphatic carbocycles. The van der Waals surface area contributed by atoms with Gasteiger partial charge in [0.25, 0.3) is 6.10 Å². The fourth-order valence-corrected chi connectivity index (χ4v) is 2.29. The maximum Gasteiger partial charge on any atom is 0.496 e. The lowest BCUT2D eigenvalue weighted by atomic mass is 9.80. The molecule has 1 aliphatic rings. The third-order valence-corrected chi connectivity index (χ3v) is 4.45. The fraction of sp³-hybridized carbons (Fsp3) is 0.643. The summed E-state index contributed by atoms with van der Waals surface area (Å²) >= 11 is 5.76. The molecule has 1 aliphatic heterocycles. The van der Waals surface area contributed by atoms with Crippen LogP contribution in [0, 0.1) is 0 Å². The monoisotopic (exact) mass is 405 g/mol. The molecule has 0 aromatic carbocycles. The Labute approximate surface area is 150 Å². The first-order valence-electron chi connectivity index (χ1n) is 7.36. The van der Waals surface area contributed by atoms with Crippen LogP contribution in [0.2, 0.25) is 5.02 Å². The summed E-state index contributed by atoms with van der Waals surface area (Å²) in [4.78, 5) is 3.47. The number of halogens is 7. The quantitative estimate of drug-likeness (QED) is 0.565. The Balaban J connectivity index is 2.26. The van der Waals surface area contributed by atoms with Crippen LogP contribution in [0.15, 0.2) is 12.3 Å². The maximum atomic E-state index is 12.6. The number of pyridine rings is 1. The van der Waals surface area contributed by atoms with E-state index in [2.05, 4.69) is 9.72 Å². The summed E-state index contributed by atoms with van der Waals surface area (Å²) < 4.78 is 90.9. The van der Waals surface area contributed by atoms with Crippen LogP contribution in [-0.4, -0.2) is 41.8 Å². The molecule has 1 aromatic rings. The van der Waals surface area contributed by atoms with Crippen molar-refractivity contribution >= 4 is 24.2 Å². The summed E-state index contributed by atoms with van der Waals surface area (Å²) in [6.07, 6.45) is -14.4. The minimum Gasteiger partial charge on any atom is -0.454 e. The predicted octanol–water partition coefficient (Wildman–Crippen LogP) is 3.91. The third-order valence-electron chi connectivity index (χ3n) is 4.18. The number of ether oxygens (including phenoxy) is 1. The van der Waals surface area contributed by atoms with E-state index in [1.807, 2.05) is 0 Å². The van der Waals surface area contributed by atoms with E-state index in [1.54, 1.807) is 27.7 Å². The standard InChI is InChI=1S/C14H15BClF6NO3/c1-11(2)12(3,4)26-15(25-11)7-5-8(16)9(23-6-7)24-10(13(17,18)19)14(20,21)22/h5-6,10H,1-4H3. The molecule has 0 N–H and O–H groups in total. The van der Waals surface area contributed by atoms with Gasteiger partial charge < -0.3 is 14.0 Å². The molecule has 0 saturated carbocycles. The number of nitrogens with zero attached hydrogens (tertiary/aromatic N) is 1. The minimum atomic E-state index is -5.67. The molecular weight excluding hydrogens is 390 g/mol. The van der Waals surface area contributed by atoms with E-state index in [1.165, 1.54) is 0 Å². The van der Waals surface area contributed by atoms with Gasteiger partial charge in [-0.15, -0.1) is 0 Å². The topological polar surface area (TPSA) is 40.6 Å². The lowest BCUT2D eigenvalue weighted by molar-refractivity contribution is -0.300. The normalized spacial score (nSPS) is 19.9. The summed E-state index contributed by atoms with van der Waals surface area (Å²) in [5, 5.41) is -0.532. The van der Waals surface area contributed by atoms with Crippen molar-refractivity contribution in [3.05, 3.63) is 17.3 Å². The molecule has 2 heterocycles. The van der Waals surface area contributed by atoms with Crippen molar-refractivity contribution in [3.8, 4) is 5.88 Å². The molecule has 1 fully saturated rings. The van der Waals surface area contributed by atoms with Crippen molar-refractivity contribution in [1.29, 1.82) is 0 Å². The summed E-state index contributed by atoms with van der Waals surface area (Å²) in [6, 6.07) is 1.09. The van der Waals surface area contributed by atoms with E-state index in [4.69, 9.17) is 20.9 Å². The molecule has 0 spiro atoms. The van der Waals surface area contributed by atoms with Crippen molar-refractivity contribution in [2.24, 2.45) is 0 Å². The molecule has 0 radical (unpaired) electrons. The number of hydrogen-bond donors (Lipinski definition) is 0. The van der Waals surface area contributed by atoms with Crippen LogP contribution in [0.3, 0.4) is 0 Å². The smallest absolute Gasteiger partial charge is 0.454 e. The Kier molecular flexibility index (Phi) is 5.24. The Morgan fingerprint density at radius 2 is 1.50 bits per heavy atom. The zero-order chi connectivity index (χ0) is 20.1. The van der Waals surface area contributed by atoms with E-state index in [0.717, 1.165) is 12.3 Å². The van der Waals surface area contributed by atoms with Gasteiger partial charge in [0.05, 0.1) is 11.2 Å². The van der Waals surface area contributed by atoms with Gasteiger partial charge >= 0.3 is 19.5 Å². The van der Waals surface area contributed by atoms with Crippen LogP contribution in [0.4, 0.5) is 26.3 Å². The molecule has 2 rings (SSSR count). The van der Waals surface area contributed by atoms with Crippen LogP contribution in [0.5, 0.6) is 5.88 Å². The molecule has 0 bridgehead atoms. The Bertz CT molecular complexity index is 650. The summed E-state index contributed by atoms with van der Waals surface area (Å²) in [6.45, 7) is 7.10. The van der Waals surface area contributed by atoms with E-state index < -0.39 is 47.7 Å². The second-order valence-corrected chi connectivity index (χ2v) is 7.13. The van der Waals surface area contributed by atoms with Gasteiger partial charge in [-0.25, -0.2) is 4.98 Å². The highest BCUT2D eigenvalue weighted by atomic mass is 35.5. The molecule has 4 nitrogen and oxygen atoms in total. The summed E-state index contributed by atoms with van der Waals surface area (Å²) in [5.41, 5.74) is -1.16. The average molecular weight is 406 g/mol. The number of hydrogen-bond acceptors (Lipinski definition) is 4. The van der Waals surface area contributed by atoms with Crippen LogP contribution in [0.25, 0.3) is 0 Å². The predicted molar refractivity (Wildman–Crippen MR) is 81.5 cm³/mol. The largest absolute Gasteiger partial charge is 0.496 e. The molecule has 26 heavy (non-hydrogen) atoms. The van der Waals surface area contributed by atoms with Crippen molar-refractivity contribution in [2.75, 3.05) is 0 Å². The lowest BCUT2D eigenvalue weighted by Gasteiger charge is -2.32. The number of rotatable bonds is 3. The Morgan fingerprint density at radius 3 is 1.88 bits per heavy atom. The summed E-state index contributed by atoms with van der Waals surface area (Å²) in [5.74, 6) is -0.994. The third kappa shape index (κ3) is 4.20. The van der Waals surface area contributed by atoms with Crippen molar-refractivity contribution in [1.82, 2.24) is 4.98 Å². The van der Waals surface area contributed by atoms with E-state index >= 15 is 0 Å². The first-order chi connectivity index (χ1) is 11.5. The minimum absolute atomic E-state index is 0.233. The summed E-state index contributed by atoms with van der Waals surface area (Å²) in [7, 11) is -0.930. The molecule has 0 unspecified atom stereocenters. The number of aromatic nitrogens is 1. The van der Waals surface area contributed by atoms with Gasteiger partial charge in [-0.1, -0.05) is 11.6 Å². The van der Waals surface area contributed by atoms with Gasteiger partial charge in [0.15, 0.2) is 0 Å². The maximum absolute atomic E-state index is 12.6. The van der Waals surface area contributed by atoms with Crippen LogP contribution in [-0.2, 0) is 9.31 Å². The molecule has 146 valence electrons. The van der Waals surface area contributed by atoms with Crippen LogP contribution in [0.1, 0.15) is 27.7 Å². The van der Waals surface area contributed by atoms with Gasteiger partial charge in [-0.3, -0.25) is 0 Å². The first-order valence-corrected chi connectivity index (χ1v) is 7.73. The van der Waals surface area contributed by atoms with Crippen molar-refractivity contribution in [3.63, 3.8) is 0 Å². The highest BCUT2D eigenvalue weighted by Gasteiger charge is 2.59. The molecule has 0 atom stereocenters. The highest BCUT2D eigenvalue weighted by Crippen LogP contribution is 2.39. The Morgan fingerprint density at radius 1 is 1.04 bits per heavy atom. The van der Waals surface area contributed by atoms with Gasteiger partial charge in [0.2, 0.25) is 5.88 Å². The second kappa shape index (κ2) is 6.45. The zero-order valence-corrected chi connectivity index (χ0v) is 14.9. The van der Waals surface area contributed by atoms with Crippen LogP contribution < -0.4 is 10.2 Å². The molecule has 0 amide bonds. The van der Waals surface area contributed by atoms with Gasteiger partial charge in [0, 0.05) is 11.7 Å². The first kappa shape index (κ1) is 21.1. The average Bonchev–Trinajstić information content (AvgIpc) is 2.63. The molecule has 1 aromatic heterocycles. The van der Waals surface area contributed by atoms with Gasteiger partial charge in [0.1, 0.15) is 5.02 Å². The van der Waals surface area contributed by atoms with Gasteiger partial charge in [-0.05, 0) is 33.8 Å². The number of alkyl halides is 6. The van der Waals surface area contributed by atoms with E-state index in [0.29, 0.717) is 0 Å². The molecule has 1 saturated heterocycles. The SMILES string of the molecule is CC1(C)OB(c2cnc(OC(C(F)(F)F)C(F)(F)F)c(Cl)c2)OC1(C)C. The molecular formula is C14H15BClF6NO3. The zero-order valence-electron chi connectivity index (χ0n) is 14.1. The van der Waals surface area contributed by atoms with Gasteiger partial charge in [-0.2, -0.15) is 26.3 Å². The fourth-order valence-electron chi connectivity index (χ4n) is 2.07. The van der Waals surface area contributed by atoms with Crippen molar-refractivity contribution in [2.45, 2.75) is 57.4 Å². The highest BCUT2D eigenvalue weighted by molar-refractivity contribution is 6.62. The second-order valence-electron chi connectivity index (χ2n) is 6.72. The van der Waals surface area contributed by atoms with Crippen LogP contribution >= 0.6 is 11.6 Å². The lowest BCUT2D eigenvalue weighted by Crippen LogP contribution is -2.46.